The molecule has 6 N–H and O–H groups in total. The van der Waals surface area contributed by atoms with E-state index < -0.39 is 17.9 Å². The normalized spacial score (nSPS) is 15.2. The molecule has 0 aromatic heterocycles. The second-order valence-corrected chi connectivity index (χ2v) is 5.83. The van der Waals surface area contributed by atoms with Crippen LogP contribution in [0.15, 0.2) is 34.5 Å². The number of thiocarbonyl (C=S) groups is 2. The molecule has 0 saturated carbocycles. The van der Waals surface area contributed by atoms with Crippen molar-refractivity contribution in [3.05, 3.63) is 35.4 Å². The van der Waals surface area contributed by atoms with Gasteiger partial charge in [0.05, 0.1) is 23.4 Å². The number of imide groups is 1. The first-order chi connectivity index (χ1) is 11.8. The fourth-order valence-corrected chi connectivity index (χ4v) is 2.30. The number of nitrogens with zero attached hydrogens (tertiary/aromatic N) is 3. The predicted octanol–water partition coefficient (Wildman–Crippen LogP) is -0.321. The summed E-state index contributed by atoms with van der Waals surface area (Å²) in [6.45, 7) is 1.62. The zero-order chi connectivity index (χ0) is 18.6. The van der Waals surface area contributed by atoms with E-state index in [1.165, 1.54) is 6.21 Å². The number of benzene rings is 1. The van der Waals surface area contributed by atoms with Crippen molar-refractivity contribution < 1.29 is 9.59 Å². The van der Waals surface area contributed by atoms with Gasteiger partial charge in [0.1, 0.15) is 5.71 Å². The van der Waals surface area contributed by atoms with Crippen LogP contribution >= 0.6 is 24.4 Å². The molecule has 0 fully saturated rings. The molecule has 11 heteroatoms. The van der Waals surface area contributed by atoms with Gasteiger partial charge >= 0.3 is 0 Å². The fraction of sp³-hybridized carbons (Fsp3) is 0.143. The lowest BCUT2D eigenvalue weighted by atomic mass is 10.1. The molecule has 9 nitrogen and oxygen atoms in total. The molecule has 0 spiro atoms. The van der Waals surface area contributed by atoms with Gasteiger partial charge in [-0.25, -0.2) is 0 Å². The van der Waals surface area contributed by atoms with Gasteiger partial charge in [-0.2, -0.15) is 10.2 Å². The summed E-state index contributed by atoms with van der Waals surface area (Å²) in [5.74, 6) is -0.848. The van der Waals surface area contributed by atoms with Crippen LogP contribution in [0.5, 0.6) is 0 Å². The number of nitrogens with two attached hydrogens (primary N) is 2. The van der Waals surface area contributed by atoms with Gasteiger partial charge in [0.25, 0.3) is 11.8 Å². The topological polar surface area (TPSA) is 138 Å². The number of rotatable bonds is 5. The first kappa shape index (κ1) is 18.4. The average molecular weight is 377 g/mol. The van der Waals surface area contributed by atoms with Crippen LogP contribution in [0.1, 0.15) is 27.6 Å². The second kappa shape index (κ2) is 7.77. The minimum absolute atomic E-state index is 0.0497. The standard InChI is InChI=1S/C14H15N7O2S2/c1-7(10(18-20-14(16)25)6-17-19-13(15)24)21-11(22)8-4-2-3-5-9(8)12(21)23/h2-7H,1H3,(H3,15,19,24)(H3,16,20,25)/b17-6+,18-10?. The van der Waals surface area contributed by atoms with Crippen LogP contribution in [0.3, 0.4) is 0 Å². The molecule has 1 unspecified atom stereocenters. The molecule has 2 rings (SSSR count). The third-order valence-electron chi connectivity index (χ3n) is 3.31. The average Bonchev–Trinajstić information content (AvgIpc) is 2.81. The molecule has 130 valence electrons. The summed E-state index contributed by atoms with van der Waals surface area (Å²) in [4.78, 5) is 26.2. The van der Waals surface area contributed by atoms with Crippen LogP contribution in [0.4, 0.5) is 0 Å². The third-order valence-corrected chi connectivity index (χ3v) is 3.49. The molecule has 1 aromatic carbocycles. The molecule has 0 aliphatic carbocycles. The monoisotopic (exact) mass is 377 g/mol. The fourth-order valence-electron chi connectivity index (χ4n) is 2.20. The SMILES string of the molecule is CC(C(/C=N/NC(N)=S)=NNC(N)=S)N1C(=O)c2ccccc2C1=O. The largest absolute Gasteiger partial charge is 0.375 e. The zero-order valence-electron chi connectivity index (χ0n) is 13.1. The molecule has 0 bridgehead atoms. The van der Waals surface area contributed by atoms with Gasteiger partial charge < -0.3 is 11.5 Å². The van der Waals surface area contributed by atoms with Crippen LogP contribution < -0.4 is 22.3 Å². The van der Waals surface area contributed by atoms with E-state index in [4.69, 9.17) is 23.7 Å². The van der Waals surface area contributed by atoms with Crippen molar-refractivity contribution in [1.82, 2.24) is 15.8 Å². The van der Waals surface area contributed by atoms with Crippen LogP contribution in [-0.2, 0) is 0 Å². The lowest BCUT2D eigenvalue weighted by molar-refractivity contribution is 0.0636. The van der Waals surface area contributed by atoms with E-state index in [-0.39, 0.29) is 15.9 Å². The number of amides is 2. The summed E-state index contributed by atoms with van der Waals surface area (Å²) in [5.41, 5.74) is 16.3. The summed E-state index contributed by atoms with van der Waals surface area (Å²) in [6, 6.07) is 5.82. The lowest BCUT2D eigenvalue weighted by Crippen LogP contribution is -2.44. The molecule has 1 aliphatic rings. The number of nitrogens with one attached hydrogen (secondary N) is 2. The molecular formula is C14H15N7O2S2. The molecule has 1 aromatic rings. The van der Waals surface area contributed by atoms with Gasteiger partial charge in [-0.3, -0.25) is 25.3 Å². The van der Waals surface area contributed by atoms with Crippen molar-refractivity contribution >= 4 is 58.4 Å². The van der Waals surface area contributed by atoms with Crippen molar-refractivity contribution in [1.29, 1.82) is 0 Å². The summed E-state index contributed by atoms with van der Waals surface area (Å²) < 4.78 is 0. The Morgan fingerprint density at radius 2 is 1.64 bits per heavy atom. The van der Waals surface area contributed by atoms with E-state index in [9.17, 15) is 9.59 Å². The maximum absolute atomic E-state index is 12.6. The highest BCUT2D eigenvalue weighted by atomic mass is 32.1. The van der Waals surface area contributed by atoms with Crippen molar-refractivity contribution in [2.45, 2.75) is 13.0 Å². The smallest absolute Gasteiger partial charge is 0.262 e. The highest BCUT2D eigenvalue weighted by Crippen LogP contribution is 2.24. The second-order valence-electron chi connectivity index (χ2n) is 4.95. The van der Waals surface area contributed by atoms with Crippen molar-refractivity contribution in [3.8, 4) is 0 Å². The Morgan fingerprint density at radius 3 is 2.12 bits per heavy atom. The number of fused-ring (bicyclic) bond motifs is 1. The number of hydrazone groups is 2. The van der Waals surface area contributed by atoms with E-state index in [1.807, 2.05) is 0 Å². The van der Waals surface area contributed by atoms with E-state index in [0.29, 0.717) is 11.1 Å². The van der Waals surface area contributed by atoms with Crippen LogP contribution in [-0.4, -0.2) is 44.9 Å². The highest BCUT2D eigenvalue weighted by Gasteiger charge is 2.39. The van der Waals surface area contributed by atoms with Gasteiger partial charge in [0, 0.05) is 0 Å². The number of carbonyl (C=O) groups is 2. The Labute approximate surface area is 154 Å². The summed E-state index contributed by atoms with van der Waals surface area (Å²) >= 11 is 9.35. The van der Waals surface area contributed by atoms with Gasteiger partial charge in [0.15, 0.2) is 10.2 Å². The van der Waals surface area contributed by atoms with Crippen LogP contribution in [0.25, 0.3) is 0 Å². The Bertz CT molecular complexity index is 771. The predicted molar refractivity (Wildman–Crippen MR) is 102 cm³/mol. The van der Waals surface area contributed by atoms with E-state index in [0.717, 1.165) is 4.90 Å². The third kappa shape index (κ3) is 4.14. The summed E-state index contributed by atoms with van der Waals surface area (Å²) in [7, 11) is 0. The van der Waals surface area contributed by atoms with Crippen LogP contribution in [0, 0.1) is 0 Å². The minimum atomic E-state index is -0.744. The maximum atomic E-state index is 12.6. The zero-order valence-corrected chi connectivity index (χ0v) is 14.7. The summed E-state index contributed by atoms with van der Waals surface area (Å²) in [5, 5.41) is 7.64. The molecule has 25 heavy (non-hydrogen) atoms. The molecule has 1 heterocycles. The van der Waals surface area contributed by atoms with E-state index in [1.54, 1.807) is 31.2 Å². The van der Waals surface area contributed by atoms with Crippen molar-refractivity contribution in [3.63, 3.8) is 0 Å². The van der Waals surface area contributed by atoms with Gasteiger partial charge in [-0.05, 0) is 43.5 Å². The lowest BCUT2D eigenvalue weighted by Gasteiger charge is -2.22. The van der Waals surface area contributed by atoms with Gasteiger partial charge in [-0.15, -0.1) is 0 Å². The highest BCUT2D eigenvalue weighted by molar-refractivity contribution is 7.80. The molecule has 0 saturated heterocycles. The van der Waals surface area contributed by atoms with Crippen molar-refractivity contribution in [2.24, 2.45) is 21.7 Å². The Balaban J connectivity index is 2.31. The quantitative estimate of drug-likeness (QED) is 0.237. The van der Waals surface area contributed by atoms with Gasteiger partial charge in [-0.1, -0.05) is 12.1 Å². The first-order valence-corrected chi connectivity index (χ1v) is 7.83. The molecule has 2 amide bonds. The number of hydrogen-bond donors (Lipinski definition) is 4. The molecule has 0 radical (unpaired) electrons. The molecule has 1 aliphatic heterocycles. The Morgan fingerprint density at radius 1 is 1.12 bits per heavy atom. The first-order valence-electron chi connectivity index (χ1n) is 7.01. The van der Waals surface area contributed by atoms with Crippen LogP contribution in [0.2, 0.25) is 0 Å². The molecule has 1 atom stereocenters. The number of hydrogen-bond acceptors (Lipinski definition) is 6. The number of carbonyl (C=O) groups excluding carboxylic acids is 2. The Hall–Kier alpha value is -2.92. The van der Waals surface area contributed by atoms with E-state index >= 15 is 0 Å². The Kier molecular flexibility index (Phi) is 5.72. The maximum Gasteiger partial charge on any atom is 0.262 e. The van der Waals surface area contributed by atoms with E-state index in [2.05, 4.69) is 33.3 Å². The van der Waals surface area contributed by atoms with Gasteiger partial charge in [0.2, 0.25) is 0 Å². The summed E-state index contributed by atoms with van der Waals surface area (Å²) in [6.07, 6.45) is 1.26. The van der Waals surface area contributed by atoms with Crippen molar-refractivity contribution in [2.75, 3.05) is 0 Å². The minimum Gasteiger partial charge on any atom is -0.375 e. The molecular weight excluding hydrogens is 362 g/mol.